The first kappa shape index (κ1) is 6.34. The van der Waals surface area contributed by atoms with Crippen LogP contribution in [0.25, 0.3) is 0 Å². The van der Waals surface area contributed by atoms with Gasteiger partial charge in [0.25, 0.3) is 0 Å². The Morgan fingerprint density at radius 3 is 1.78 bits per heavy atom. The summed E-state index contributed by atoms with van der Waals surface area (Å²) in [5.41, 5.74) is 0. The maximum absolute atomic E-state index is 12.3. The molecule has 0 saturated carbocycles. The average molecular weight is 154 g/mol. The van der Waals surface area contributed by atoms with Gasteiger partial charge in [0.1, 0.15) is 0 Å². The maximum Gasteiger partial charge on any atom is 0.443 e. The van der Waals surface area contributed by atoms with E-state index in [1.54, 1.807) is 0 Å². The number of halogens is 1. The summed E-state index contributed by atoms with van der Waals surface area (Å²) in [4.78, 5) is 20.1. The van der Waals surface area contributed by atoms with Crippen LogP contribution in [0.15, 0.2) is 0 Å². The molecule has 0 atom stereocenters. The molecule has 1 fully saturated rings. The molecule has 9 heavy (non-hydrogen) atoms. The average Bonchev–Trinajstić information content (AvgIpc) is 1.79. The summed E-state index contributed by atoms with van der Waals surface area (Å²) < 4.78 is 20.0. The molecule has 6 heteroatoms. The SMILES string of the molecule is CS1(F)OC(=O)C(=O)O1. The molecule has 0 spiro atoms. The largest absolute Gasteiger partial charge is 0.443 e. The fourth-order valence-corrected chi connectivity index (χ4v) is 1.07. The van der Waals surface area contributed by atoms with Gasteiger partial charge >= 0.3 is 11.9 Å². The fourth-order valence-electron chi connectivity index (χ4n) is 0.355. The van der Waals surface area contributed by atoms with Crippen molar-refractivity contribution in [2.45, 2.75) is 0 Å². The van der Waals surface area contributed by atoms with Gasteiger partial charge < -0.3 is 8.37 Å². The Labute approximate surface area is 52.0 Å². The van der Waals surface area contributed by atoms with Gasteiger partial charge in [-0.1, -0.05) is 3.89 Å². The van der Waals surface area contributed by atoms with Crippen molar-refractivity contribution in [3.63, 3.8) is 0 Å². The minimum atomic E-state index is -3.34. The number of hydrogen-bond acceptors (Lipinski definition) is 4. The van der Waals surface area contributed by atoms with E-state index in [4.69, 9.17) is 0 Å². The molecule has 0 aromatic rings. The van der Waals surface area contributed by atoms with Crippen LogP contribution in [0.3, 0.4) is 0 Å². The summed E-state index contributed by atoms with van der Waals surface area (Å²) in [6, 6.07) is 0. The Balaban J connectivity index is 2.76. The monoisotopic (exact) mass is 154 g/mol. The third-order valence-corrected chi connectivity index (χ3v) is 1.51. The lowest BCUT2D eigenvalue weighted by Crippen LogP contribution is -2.05. The molecule has 0 aromatic carbocycles. The Bertz CT molecular complexity index is 159. The van der Waals surface area contributed by atoms with Crippen molar-refractivity contribution in [1.29, 1.82) is 0 Å². The van der Waals surface area contributed by atoms with Crippen LogP contribution in [-0.4, -0.2) is 18.2 Å². The van der Waals surface area contributed by atoms with Crippen LogP contribution in [-0.2, 0) is 18.0 Å². The predicted molar refractivity (Wildman–Crippen MR) is 26.8 cm³/mol. The number of carbonyl (C=O) groups excluding carboxylic acids is 2. The highest BCUT2D eigenvalue weighted by Crippen LogP contribution is 2.52. The van der Waals surface area contributed by atoms with Crippen LogP contribution >= 0.6 is 11.0 Å². The van der Waals surface area contributed by atoms with E-state index in [-0.39, 0.29) is 0 Å². The lowest BCUT2D eigenvalue weighted by molar-refractivity contribution is -0.150. The maximum atomic E-state index is 12.3. The Morgan fingerprint density at radius 1 is 1.33 bits per heavy atom. The second kappa shape index (κ2) is 1.60. The van der Waals surface area contributed by atoms with Crippen LogP contribution < -0.4 is 0 Å². The molecule has 4 nitrogen and oxygen atoms in total. The Kier molecular flexibility index (Phi) is 1.13. The highest BCUT2D eigenvalue weighted by atomic mass is 32.3. The predicted octanol–water partition coefficient (Wildman–Crippen LogP) is 0.235. The number of hydrogen-bond donors (Lipinski definition) is 0. The molecule has 1 rings (SSSR count). The van der Waals surface area contributed by atoms with Crippen molar-refractivity contribution in [2.75, 3.05) is 6.26 Å². The smallest absolute Gasteiger partial charge is 0.307 e. The van der Waals surface area contributed by atoms with Gasteiger partial charge in [-0.15, -0.1) is 0 Å². The van der Waals surface area contributed by atoms with Gasteiger partial charge in [0.05, 0.1) is 6.26 Å². The lowest BCUT2D eigenvalue weighted by atomic mass is 10.7. The Hall–Kier alpha value is -0.780. The molecule has 52 valence electrons. The molecule has 0 aliphatic carbocycles. The summed E-state index contributed by atoms with van der Waals surface area (Å²) in [6.45, 7) is 0. The van der Waals surface area contributed by atoms with Crippen molar-refractivity contribution in [3.05, 3.63) is 0 Å². The van der Waals surface area contributed by atoms with E-state index in [0.29, 0.717) is 0 Å². The summed E-state index contributed by atoms with van der Waals surface area (Å²) in [5, 5.41) is 0. The second-order valence-electron chi connectivity index (χ2n) is 1.42. The third-order valence-electron chi connectivity index (χ3n) is 0.616. The second-order valence-corrected chi connectivity index (χ2v) is 3.12. The molecule has 0 aromatic heterocycles. The molecule has 1 aliphatic heterocycles. The van der Waals surface area contributed by atoms with Crippen molar-refractivity contribution in [2.24, 2.45) is 0 Å². The summed E-state index contributed by atoms with van der Waals surface area (Å²) in [6.07, 6.45) is 0.913. The van der Waals surface area contributed by atoms with Gasteiger partial charge in [0, 0.05) is 11.0 Å². The summed E-state index contributed by atoms with van der Waals surface area (Å²) in [5.74, 6) is -2.51. The lowest BCUT2D eigenvalue weighted by Gasteiger charge is -2.16. The third kappa shape index (κ3) is 1.13. The fraction of sp³-hybridized carbons (Fsp3) is 0.333. The van der Waals surface area contributed by atoms with Crippen LogP contribution in [0, 0.1) is 0 Å². The topological polar surface area (TPSA) is 52.6 Å². The van der Waals surface area contributed by atoms with E-state index >= 15 is 0 Å². The number of rotatable bonds is 0. The first-order chi connectivity index (χ1) is 4.01. The van der Waals surface area contributed by atoms with Crippen LogP contribution in [0.4, 0.5) is 3.89 Å². The zero-order valence-corrected chi connectivity index (χ0v) is 5.24. The molecule has 0 amide bonds. The van der Waals surface area contributed by atoms with E-state index in [9.17, 15) is 13.5 Å². The van der Waals surface area contributed by atoms with Crippen molar-refractivity contribution in [3.8, 4) is 0 Å². The minimum absolute atomic E-state index is 0.913. The van der Waals surface area contributed by atoms with Crippen molar-refractivity contribution >= 4 is 22.9 Å². The highest BCUT2D eigenvalue weighted by Gasteiger charge is 2.38. The zero-order valence-electron chi connectivity index (χ0n) is 4.42. The first-order valence-electron chi connectivity index (χ1n) is 1.96. The minimum Gasteiger partial charge on any atom is -0.307 e. The summed E-state index contributed by atoms with van der Waals surface area (Å²) >= 11 is 0. The van der Waals surface area contributed by atoms with Crippen LogP contribution in [0.2, 0.25) is 0 Å². The van der Waals surface area contributed by atoms with E-state index in [1.807, 2.05) is 0 Å². The number of carbonyl (C=O) groups is 2. The van der Waals surface area contributed by atoms with Crippen LogP contribution in [0.1, 0.15) is 0 Å². The standard InChI is InChI=1S/C3H3FO4S/c1-9(4)7-2(5)3(6)8-9/h1H3. The van der Waals surface area contributed by atoms with Gasteiger partial charge in [-0.25, -0.2) is 9.59 Å². The molecule has 0 bridgehead atoms. The van der Waals surface area contributed by atoms with Crippen molar-refractivity contribution < 1.29 is 21.8 Å². The van der Waals surface area contributed by atoms with E-state index < -0.39 is 22.9 Å². The van der Waals surface area contributed by atoms with E-state index in [2.05, 4.69) is 8.37 Å². The van der Waals surface area contributed by atoms with Crippen LogP contribution in [0.5, 0.6) is 0 Å². The van der Waals surface area contributed by atoms with E-state index in [0.717, 1.165) is 6.26 Å². The first-order valence-corrected chi connectivity index (χ1v) is 3.75. The van der Waals surface area contributed by atoms with Crippen molar-refractivity contribution in [1.82, 2.24) is 0 Å². The molecule has 1 heterocycles. The summed E-state index contributed by atoms with van der Waals surface area (Å²) in [7, 11) is -3.34. The van der Waals surface area contributed by atoms with E-state index in [1.165, 1.54) is 0 Å². The molecule has 0 unspecified atom stereocenters. The normalized spacial score (nSPS) is 26.9. The van der Waals surface area contributed by atoms with Gasteiger partial charge in [-0.3, -0.25) is 0 Å². The van der Waals surface area contributed by atoms with Gasteiger partial charge in [-0.2, -0.15) is 0 Å². The van der Waals surface area contributed by atoms with Gasteiger partial charge in [0.2, 0.25) is 0 Å². The van der Waals surface area contributed by atoms with Gasteiger partial charge in [0.15, 0.2) is 0 Å². The molecule has 0 radical (unpaired) electrons. The highest BCUT2D eigenvalue weighted by molar-refractivity contribution is 8.22. The molecular weight excluding hydrogens is 151 g/mol. The molecule has 0 N–H and O–H groups in total. The Morgan fingerprint density at radius 2 is 1.67 bits per heavy atom. The zero-order chi connectivity index (χ0) is 7.07. The molecule has 1 aliphatic rings. The molecule has 1 saturated heterocycles. The molecular formula is C3H3FO4S. The quantitative estimate of drug-likeness (QED) is 0.469. The van der Waals surface area contributed by atoms with Gasteiger partial charge in [-0.05, 0) is 0 Å².